The van der Waals surface area contributed by atoms with E-state index in [1.807, 2.05) is 0 Å². The Morgan fingerprint density at radius 2 is 2.08 bits per heavy atom. The first-order chi connectivity index (χ1) is 5.54. The van der Waals surface area contributed by atoms with Crippen LogP contribution in [-0.2, 0) is 9.59 Å². The molecule has 1 aliphatic rings. The van der Waals surface area contributed by atoms with Gasteiger partial charge in [-0.25, -0.2) is 0 Å². The van der Waals surface area contributed by atoms with Crippen LogP contribution in [0.4, 0.5) is 0 Å². The van der Waals surface area contributed by atoms with E-state index in [2.05, 4.69) is 0 Å². The molecule has 3 N–H and O–H groups in total. The van der Waals surface area contributed by atoms with Gasteiger partial charge in [0.2, 0.25) is 11.8 Å². The monoisotopic (exact) mass is 172 g/mol. The molecule has 1 fully saturated rings. The van der Waals surface area contributed by atoms with Crippen LogP contribution in [0.2, 0.25) is 0 Å². The molecule has 0 aromatic rings. The Hall–Kier alpha value is -1.10. The third-order valence-corrected chi connectivity index (χ3v) is 2.05. The van der Waals surface area contributed by atoms with Crippen molar-refractivity contribution in [2.24, 2.45) is 5.73 Å². The molecular weight excluding hydrogens is 160 g/mol. The zero-order chi connectivity index (χ0) is 9.30. The third kappa shape index (κ3) is 1.40. The van der Waals surface area contributed by atoms with E-state index in [1.165, 1.54) is 6.92 Å². The highest BCUT2D eigenvalue weighted by molar-refractivity contribution is 5.86. The lowest BCUT2D eigenvalue weighted by atomic mass is 10.2. The first-order valence-electron chi connectivity index (χ1n) is 3.80. The van der Waals surface area contributed by atoms with E-state index in [1.54, 1.807) is 0 Å². The van der Waals surface area contributed by atoms with Gasteiger partial charge < -0.3 is 15.7 Å². The maximum absolute atomic E-state index is 10.9. The number of primary amides is 1. The van der Waals surface area contributed by atoms with E-state index < -0.39 is 18.2 Å². The average molecular weight is 172 g/mol. The highest BCUT2D eigenvalue weighted by atomic mass is 16.3. The van der Waals surface area contributed by atoms with Crippen LogP contribution in [0.15, 0.2) is 0 Å². The van der Waals surface area contributed by atoms with Crippen molar-refractivity contribution >= 4 is 11.8 Å². The van der Waals surface area contributed by atoms with Crippen molar-refractivity contribution in [2.45, 2.75) is 32.0 Å². The maximum atomic E-state index is 10.9. The Labute approximate surface area is 70.1 Å². The molecule has 0 bridgehead atoms. The van der Waals surface area contributed by atoms with Crippen LogP contribution in [0.25, 0.3) is 0 Å². The summed E-state index contributed by atoms with van der Waals surface area (Å²) in [5.74, 6) is -0.870. The summed E-state index contributed by atoms with van der Waals surface area (Å²) >= 11 is 0. The van der Waals surface area contributed by atoms with Crippen LogP contribution in [-0.4, -0.2) is 34.1 Å². The minimum atomic E-state index is -0.847. The summed E-state index contributed by atoms with van der Waals surface area (Å²) in [7, 11) is 0. The van der Waals surface area contributed by atoms with Gasteiger partial charge in [-0.15, -0.1) is 0 Å². The van der Waals surface area contributed by atoms with Crippen LogP contribution in [0.1, 0.15) is 19.8 Å². The highest BCUT2D eigenvalue weighted by Crippen LogP contribution is 2.21. The quantitative estimate of drug-likeness (QED) is 0.521. The van der Waals surface area contributed by atoms with E-state index in [0.717, 1.165) is 4.90 Å². The van der Waals surface area contributed by atoms with Crippen LogP contribution in [0, 0.1) is 0 Å². The van der Waals surface area contributed by atoms with Crippen molar-refractivity contribution in [1.29, 1.82) is 0 Å². The van der Waals surface area contributed by atoms with Crippen molar-refractivity contribution < 1.29 is 14.7 Å². The molecule has 2 atom stereocenters. The topological polar surface area (TPSA) is 83.6 Å². The molecule has 68 valence electrons. The molecule has 0 aliphatic carbocycles. The second-order valence-corrected chi connectivity index (χ2v) is 2.90. The minimum Gasteiger partial charge on any atom is -0.374 e. The van der Waals surface area contributed by atoms with E-state index in [-0.39, 0.29) is 5.91 Å². The van der Waals surface area contributed by atoms with Crippen LogP contribution >= 0.6 is 0 Å². The standard InChI is InChI=1S/C7H12N2O3/c1-4(10)9-5(7(8)12)2-3-6(9)11/h5-6,11H,2-3H2,1H3,(H2,8,12). The summed E-state index contributed by atoms with van der Waals surface area (Å²) in [5.41, 5.74) is 5.04. The fourth-order valence-corrected chi connectivity index (χ4v) is 1.50. The Bertz CT molecular complexity index is 217. The fraction of sp³-hybridized carbons (Fsp3) is 0.714. The summed E-state index contributed by atoms with van der Waals surface area (Å²) in [5, 5.41) is 9.28. The van der Waals surface area contributed by atoms with Gasteiger partial charge in [0.15, 0.2) is 0 Å². The molecule has 5 nitrogen and oxygen atoms in total. The summed E-state index contributed by atoms with van der Waals surface area (Å²) in [6, 6.07) is -0.627. The SMILES string of the molecule is CC(=O)N1C(O)CCC1C(N)=O. The average Bonchev–Trinajstić information content (AvgIpc) is 2.30. The van der Waals surface area contributed by atoms with E-state index in [0.29, 0.717) is 12.8 Å². The number of carbonyl (C=O) groups excluding carboxylic acids is 2. The van der Waals surface area contributed by atoms with Gasteiger partial charge in [0, 0.05) is 6.92 Å². The molecular formula is C7H12N2O3. The van der Waals surface area contributed by atoms with Gasteiger partial charge in [-0.3, -0.25) is 9.59 Å². The zero-order valence-corrected chi connectivity index (χ0v) is 6.86. The number of amides is 2. The second-order valence-electron chi connectivity index (χ2n) is 2.90. The Balaban J connectivity index is 2.77. The Morgan fingerprint density at radius 1 is 1.50 bits per heavy atom. The highest BCUT2D eigenvalue weighted by Gasteiger charge is 2.37. The predicted octanol–water partition coefficient (Wildman–Crippen LogP) is -1.20. The van der Waals surface area contributed by atoms with Gasteiger partial charge in [-0.1, -0.05) is 0 Å². The smallest absolute Gasteiger partial charge is 0.240 e. The van der Waals surface area contributed by atoms with Crippen molar-refractivity contribution in [3.05, 3.63) is 0 Å². The van der Waals surface area contributed by atoms with Crippen molar-refractivity contribution in [1.82, 2.24) is 4.90 Å². The van der Waals surface area contributed by atoms with Gasteiger partial charge in [0.25, 0.3) is 0 Å². The number of hydrogen-bond acceptors (Lipinski definition) is 3. The first kappa shape index (κ1) is 8.99. The van der Waals surface area contributed by atoms with Crippen molar-refractivity contribution in [2.75, 3.05) is 0 Å². The number of hydrogen-bond donors (Lipinski definition) is 2. The molecule has 1 aliphatic heterocycles. The lowest BCUT2D eigenvalue weighted by Gasteiger charge is -2.23. The molecule has 5 heteroatoms. The summed E-state index contributed by atoms with van der Waals surface area (Å²) in [4.78, 5) is 22.8. The number of likely N-dealkylation sites (tertiary alicyclic amines) is 1. The number of nitrogens with two attached hydrogens (primary N) is 1. The Kier molecular flexibility index (Phi) is 2.32. The molecule has 0 aromatic carbocycles. The molecule has 2 amide bonds. The number of rotatable bonds is 1. The molecule has 1 heterocycles. The molecule has 0 saturated carbocycles. The molecule has 0 radical (unpaired) electrons. The summed E-state index contributed by atoms with van der Waals surface area (Å²) in [6.45, 7) is 1.31. The molecule has 1 saturated heterocycles. The molecule has 1 rings (SSSR count). The lowest BCUT2D eigenvalue weighted by molar-refractivity contribution is -0.143. The van der Waals surface area contributed by atoms with Crippen molar-refractivity contribution in [3.63, 3.8) is 0 Å². The number of aliphatic hydroxyl groups excluding tert-OH is 1. The van der Waals surface area contributed by atoms with E-state index >= 15 is 0 Å². The predicted molar refractivity (Wildman–Crippen MR) is 40.7 cm³/mol. The van der Waals surface area contributed by atoms with E-state index in [9.17, 15) is 14.7 Å². The molecule has 0 spiro atoms. The minimum absolute atomic E-state index is 0.316. The molecule has 0 aromatic heterocycles. The van der Waals surface area contributed by atoms with Crippen LogP contribution in [0.3, 0.4) is 0 Å². The van der Waals surface area contributed by atoms with Crippen molar-refractivity contribution in [3.8, 4) is 0 Å². The summed E-state index contributed by atoms with van der Waals surface area (Å²) < 4.78 is 0. The second kappa shape index (κ2) is 3.10. The number of carbonyl (C=O) groups is 2. The van der Waals surface area contributed by atoms with Gasteiger partial charge in [0.1, 0.15) is 12.3 Å². The number of aliphatic hydroxyl groups is 1. The maximum Gasteiger partial charge on any atom is 0.240 e. The summed E-state index contributed by atoms with van der Waals surface area (Å²) in [6.07, 6.45) is 0.0310. The Morgan fingerprint density at radius 3 is 2.42 bits per heavy atom. The first-order valence-corrected chi connectivity index (χ1v) is 3.80. The van der Waals surface area contributed by atoms with Gasteiger partial charge in [-0.05, 0) is 12.8 Å². The third-order valence-electron chi connectivity index (χ3n) is 2.05. The van der Waals surface area contributed by atoms with Crippen LogP contribution < -0.4 is 5.73 Å². The number of nitrogens with zero attached hydrogens (tertiary/aromatic N) is 1. The van der Waals surface area contributed by atoms with E-state index in [4.69, 9.17) is 5.73 Å². The van der Waals surface area contributed by atoms with Gasteiger partial charge in [0.05, 0.1) is 0 Å². The zero-order valence-electron chi connectivity index (χ0n) is 6.86. The molecule has 12 heavy (non-hydrogen) atoms. The largest absolute Gasteiger partial charge is 0.374 e. The molecule has 2 unspecified atom stereocenters. The fourth-order valence-electron chi connectivity index (χ4n) is 1.50. The van der Waals surface area contributed by atoms with Gasteiger partial charge >= 0.3 is 0 Å². The van der Waals surface area contributed by atoms with Crippen LogP contribution in [0.5, 0.6) is 0 Å². The van der Waals surface area contributed by atoms with Gasteiger partial charge in [-0.2, -0.15) is 0 Å². The lowest BCUT2D eigenvalue weighted by Crippen LogP contribution is -2.46. The normalized spacial score (nSPS) is 29.0.